The van der Waals surface area contributed by atoms with Gasteiger partial charge in [-0.05, 0) is 25.5 Å². The number of likely N-dealkylation sites (tertiary alicyclic amines) is 1. The molecule has 1 atom stereocenters. The zero-order valence-corrected chi connectivity index (χ0v) is 11.0. The quantitative estimate of drug-likeness (QED) is 0.773. The van der Waals surface area contributed by atoms with E-state index in [1.165, 1.54) is 19.3 Å². The van der Waals surface area contributed by atoms with Crippen LogP contribution in [0.3, 0.4) is 0 Å². The van der Waals surface area contributed by atoms with Crippen LogP contribution in [-0.2, 0) is 6.54 Å². The van der Waals surface area contributed by atoms with Crippen LogP contribution in [-0.4, -0.2) is 35.5 Å². The minimum Gasteiger partial charge on any atom is -0.481 e. The molecule has 2 rings (SSSR count). The molecule has 0 N–H and O–H groups in total. The number of alkyl halides is 1. The highest BCUT2D eigenvalue weighted by atomic mass is 35.5. The summed E-state index contributed by atoms with van der Waals surface area (Å²) < 4.78 is 5.14. The largest absolute Gasteiger partial charge is 0.481 e. The van der Waals surface area contributed by atoms with E-state index in [1.54, 1.807) is 7.11 Å². The molecule has 1 aromatic heterocycles. The number of nitrogens with zero attached hydrogens (tertiary/aromatic N) is 2. The number of hydrogen-bond donors (Lipinski definition) is 0. The van der Waals surface area contributed by atoms with Crippen molar-refractivity contribution in [3.63, 3.8) is 0 Å². The van der Waals surface area contributed by atoms with Gasteiger partial charge in [0, 0.05) is 24.5 Å². The van der Waals surface area contributed by atoms with E-state index in [-0.39, 0.29) is 0 Å². The molecule has 1 aromatic rings. The lowest BCUT2D eigenvalue weighted by atomic mass is 10.0. The van der Waals surface area contributed by atoms with Crippen LogP contribution >= 0.6 is 11.6 Å². The second-order valence-corrected chi connectivity index (χ2v) is 4.75. The van der Waals surface area contributed by atoms with Crippen molar-refractivity contribution in [2.24, 2.45) is 0 Å². The molecule has 17 heavy (non-hydrogen) atoms. The Morgan fingerprint density at radius 2 is 2.35 bits per heavy atom. The van der Waals surface area contributed by atoms with Crippen molar-refractivity contribution in [2.75, 3.05) is 19.5 Å². The Morgan fingerprint density at radius 1 is 1.47 bits per heavy atom. The molecule has 1 saturated heterocycles. The Bertz CT molecular complexity index is 359. The van der Waals surface area contributed by atoms with Gasteiger partial charge in [0.2, 0.25) is 5.88 Å². The lowest BCUT2D eigenvalue weighted by molar-refractivity contribution is 0.153. The van der Waals surface area contributed by atoms with Gasteiger partial charge in [0.05, 0.1) is 12.8 Å². The number of methoxy groups -OCH3 is 1. The SMILES string of the molecule is COc1cccc(CN2CCCCC2CCl)n1. The third-order valence-corrected chi connectivity index (χ3v) is 3.64. The fraction of sp³-hybridized carbons (Fsp3) is 0.615. The summed E-state index contributed by atoms with van der Waals surface area (Å²) in [5.74, 6) is 1.39. The third-order valence-electron chi connectivity index (χ3n) is 3.28. The van der Waals surface area contributed by atoms with Crippen LogP contribution in [0.15, 0.2) is 18.2 Å². The van der Waals surface area contributed by atoms with Crippen molar-refractivity contribution in [3.05, 3.63) is 23.9 Å². The topological polar surface area (TPSA) is 25.4 Å². The van der Waals surface area contributed by atoms with Gasteiger partial charge in [0.1, 0.15) is 0 Å². The van der Waals surface area contributed by atoms with Crippen LogP contribution in [0.5, 0.6) is 5.88 Å². The monoisotopic (exact) mass is 254 g/mol. The van der Waals surface area contributed by atoms with Crippen molar-refractivity contribution in [3.8, 4) is 5.88 Å². The van der Waals surface area contributed by atoms with Crippen molar-refractivity contribution in [1.29, 1.82) is 0 Å². The van der Waals surface area contributed by atoms with Gasteiger partial charge in [-0.2, -0.15) is 0 Å². The van der Waals surface area contributed by atoms with E-state index in [2.05, 4.69) is 9.88 Å². The molecular weight excluding hydrogens is 236 g/mol. The molecule has 3 nitrogen and oxygen atoms in total. The summed E-state index contributed by atoms with van der Waals surface area (Å²) in [4.78, 5) is 6.88. The van der Waals surface area contributed by atoms with Gasteiger partial charge >= 0.3 is 0 Å². The fourth-order valence-corrected chi connectivity index (χ4v) is 2.66. The average molecular weight is 255 g/mol. The smallest absolute Gasteiger partial charge is 0.213 e. The predicted molar refractivity (Wildman–Crippen MR) is 69.6 cm³/mol. The molecule has 1 aliphatic heterocycles. The summed E-state index contributed by atoms with van der Waals surface area (Å²) in [7, 11) is 1.65. The van der Waals surface area contributed by atoms with Crippen molar-refractivity contribution < 1.29 is 4.74 Å². The Labute approximate surface area is 108 Å². The summed E-state index contributed by atoms with van der Waals surface area (Å²) in [6.45, 7) is 1.99. The summed E-state index contributed by atoms with van der Waals surface area (Å²) in [5, 5.41) is 0. The van der Waals surface area contributed by atoms with E-state index < -0.39 is 0 Å². The van der Waals surface area contributed by atoms with Gasteiger partial charge in [-0.25, -0.2) is 4.98 Å². The van der Waals surface area contributed by atoms with Crippen molar-refractivity contribution in [1.82, 2.24) is 9.88 Å². The molecule has 1 fully saturated rings. The van der Waals surface area contributed by atoms with Gasteiger partial charge < -0.3 is 4.74 Å². The van der Waals surface area contributed by atoms with E-state index >= 15 is 0 Å². The Hall–Kier alpha value is -0.800. The van der Waals surface area contributed by atoms with Gasteiger partial charge in [-0.15, -0.1) is 11.6 Å². The summed E-state index contributed by atoms with van der Waals surface area (Å²) in [5.41, 5.74) is 1.06. The van der Waals surface area contributed by atoms with E-state index in [0.717, 1.165) is 18.8 Å². The molecule has 1 aliphatic rings. The van der Waals surface area contributed by atoms with Crippen molar-refractivity contribution in [2.45, 2.75) is 31.8 Å². The molecule has 0 spiro atoms. The van der Waals surface area contributed by atoms with Crippen LogP contribution in [0, 0.1) is 0 Å². The maximum atomic E-state index is 6.01. The van der Waals surface area contributed by atoms with E-state index in [9.17, 15) is 0 Å². The van der Waals surface area contributed by atoms with Crippen LogP contribution in [0.4, 0.5) is 0 Å². The third kappa shape index (κ3) is 3.33. The molecule has 0 radical (unpaired) electrons. The lowest BCUT2D eigenvalue weighted by Gasteiger charge is -2.34. The standard InChI is InChI=1S/C13H19ClN2O/c1-17-13-7-4-5-11(15-13)10-16-8-3-2-6-12(16)9-14/h4-5,7,12H,2-3,6,8-10H2,1H3. The minimum atomic E-state index is 0.499. The van der Waals surface area contributed by atoms with Gasteiger partial charge in [0.15, 0.2) is 0 Å². The molecule has 4 heteroatoms. The van der Waals surface area contributed by atoms with Gasteiger partial charge in [-0.3, -0.25) is 4.90 Å². The first-order valence-electron chi connectivity index (χ1n) is 6.13. The zero-order valence-electron chi connectivity index (χ0n) is 10.2. The molecule has 0 aliphatic carbocycles. The number of ether oxygens (including phenoxy) is 1. The average Bonchev–Trinajstić information content (AvgIpc) is 2.39. The Balaban J connectivity index is 2.02. The lowest BCUT2D eigenvalue weighted by Crippen LogP contribution is -2.40. The van der Waals surface area contributed by atoms with Gasteiger partial charge in [-0.1, -0.05) is 12.5 Å². The summed E-state index contributed by atoms with van der Waals surface area (Å²) in [6, 6.07) is 6.40. The molecule has 0 amide bonds. The van der Waals surface area contributed by atoms with E-state index in [0.29, 0.717) is 17.8 Å². The molecule has 94 valence electrons. The van der Waals surface area contributed by atoms with E-state index in [4.69, 9.17) is 16.3 Å². The normalized spacial score (nSPS) is 21.4. The highest BCUT2D eigenvalue weighted by Gasteiger charge is 2.21. The number of halogens is 1. The molecular formula is C13H19ClN2O. The summed E-state index contributed by atoms with van der Waals surface area (Å²) in [6.07, 6.45) is 3.75. The summed E-state index contributed by atoms with van der Waals surface area (Å²) >= 11 is 6.01. The van der Waals surface area contributed by atoms with Crippen LogP contribution in [0.2, 0.25) is 0 Å². The highest BCUT2D eigenvalue weighted by molar-refractivity contribution is 6.18. The van der Waals surface area contributed by atoms with Crippen LogP contribution in [0.1, 0.15) is 25.0 Å². The highest BCUT2D eigenvalue weighted by Crippen LogP contribution is 2.20. The molecule has 0 bridgehead atoms. The number of hydrogen-bond acceptors (Lipinski definition) is 3. The molecule has 2 heterocycles. The minimum absolute atomic E-state index is 0.499. The van der Waals surface area contributed by atoms with E-state index in [1.807, 2.05) is 18.2 Å². The van der Waals surface area contributed by atoms with Crippen molar-refractivity contribution >= 4 is 11.6 Å². The first-order valence-corrected chi connectivity index (χ1v) is 6.67. The number of rotatable bonds is 4. The fourth-order valence-electron chi connectivity index (χ4n) is 2.31. The van der Waals surface area contributed by atoms with Crippen LogP contribution < -0.4 is 4.74 Å². The second-order valence-electron chi connectivity index (χ2n) is 4.45. The first-order chi connectivity index (χ1) is 8.33. The number of piperidine rings is 1. The zero-order chi connectivity index (χ0) is 12.1. The molecule has 0 aromatic carbocycles. The van der Waals surface area contributed by atoms with Gasteiger partial charge in [0.25, 0.3) is 0 Å². The molecule has 1 unspecified atom stereocenters. The second kappa shape index (κ2) is 6.22. The number of pyridine rings is 1. The Morgan fingerprint density at radius 3 is 3.12 bits per heavy atom. The van der Waals surface area contributed by atoms with Crippen LogP contribution in [0.25, 0.3) is 0 Å². The predicted octanol–water partition coefficient (Wildman–Crippen LogP) is 2.68. The Kier molecular flexibility index (Phi) is 4.63. The maximum absolute atomic E-state index is 6.01. The number of aromatic nitrogens is 1. The molecule has 0 saturated carbocycles. The first kappa shape index (κ1) is 12.7. The maximum Gasteiger partial charge on any atom is 0.213 e.